The summed E-state index contributed by atoms with van der Waals surface area (Å²) in [5, 5.41) is 4.54. The molecule has 0 aliphatic carbocycles. The van der Waals surface area contributed by atoms with Crippen molar-refractivity contribution in [1.82, 2.24) is 0 Å². The van der Waals surface area contributed by atoms with Gasteiger partial charge in [0.15, 0.2) is 0 Å². The lowest BCUT2D eigenvalue weighted by atomic mass is 10.0. The summed E-state index contributed by atoms with van der Waals surface area (Å²) in [6.45, 7) is 4.23. The second kappa shape index (κ2) is 7.94. The molecule has 140 valence electrons. The minimum Gasteiger partial charge on any atom is -0.322 e. The van der Waals surface area contributed by atoms with Gasteiger partial charge in [-0.2, -0.15) is 0 Å². The Morgan fingerprint density at radius 3 is 2.11 bits per heavy atom. The Hall–Kier alpha value is -2.64. The first-order chi connectivity index (χ1) is 12.8. The first kappa shape index (κ1) is 19.1. The lowest BCUT2D eigenvalue weighted by Crippen LogP contribution is -2.13. The minimum atomic E-state index is -3.59. The minimum absolute atomic E-state index is 0.245. The van der Waals surface area contributed by atoms with E-state index in [1.54, 1.807) is 41.8 Å². The monoisotopic (exact) mass is 400 g/mol. The average molecular weight is 401 g/mol. The molecule has 1 aromatic heterocycles. The fraction of sp³-hybridized carbons (Fsp3) is 0.150. The van der Waals surface area contributed by atoms with E-state index in [0.717, 1.165) is 11.3 Å². The molecule has 0 radical (unpaired) electrons. The standard InChI is InChI=1S/C20H20N2O3S2/c1-14(2)15-5-9-17(10-6-15)21-20(23)16-7-11-18(12-8-16)22-27(24,25)19-4-3-13-26-19/h3-14,22H,1-2H3,(H,21,23). The molecule has 0 saturated carbocycles. The molecule has 2 aromatic carbocycles. The topological polar surface area (TPSA) is 75.3 Å². The van der Waals surface area contributed by atoms with E-state index in [9.17, 15) is 13.2 Å². The molecule has 0 spiro atoms. The number of hydrogen-bond donors (Lipinski definition) is 2. The van der Waals surface area contributed by atoms with Gasteiger partial charge in [0.05, 0.1) is 0 Å². The van der Waals surface area contributed by atoms with Crippen molar-refractivity contribution in [2.45, 2.75) is 24.0 Å². The molecule has 1 heterocycles. The van der Waals surface area contributed by atoms with Crippen LogP contribution in [0, 0.1) is 0 Å². The van der Waals surface area contributed by atoms with Crippen LogP contribution in [0.1, 0.15) is 35.7 Å². The summed E-state index contributed by atoms with van der Waals surface area (Å²) in [4.78, 5) is 12.4. The molecule has 7 heteroatoms. The first-order valence-electron chi connectivity index (χ1n) is 8.43. The maximum atomic E-state index is 12.4. The van der Waals surface area contributed by atoms with Gasteiger partial charge in [-0.25, -0.2) is 8.42 Å². The molecule has 0 unspecified atom stereocenters. The molecule has 0 atom stereocenters. The normalized spacial score (nSPS) is 11.4. The van der Waals surface area contributed by atoms with Crippen LogP contribution < -0.4 is 10.0 Å². The zero-order valence-corrected chi connectivity index (χ0v) is 16.6. The molecule has 0 bridgehead atoms. The third kappa shape index (κ3) is 4.75. The summed E-state index contributed by atoms with van der Waals surface area (Å²) < 4.78 is 27.2. The lowest BCUT2D eigenvalue weighted by Gasteiger charge is -2.09. The first-order valence-corrected chi connectivity index (χ1v) is 10.8. The number of benzene rings is 2. The summed E-state index contributed by atoms with van der Waals surface area (Å²) in [5.41, 5.74) is 2.77. The van der Waals surface area contributed by atoms with Gasteiger partial charge < -0.3 is 5.32 Å². The predicted octanol–water partition coefficient (Wildman–Crippen LogP) is 4.92. The quantitative estimate of drug-likeness (QED) is 0.616. The largest absolute Gasteiger partial charge is 0.322 e. The molecule has 0 aliphatic rings. The van der Waals surface area contributed by atoms with Crippen LogP contribution in [0.4, 0.5) is 11.4 Å². The summed E-state index contributed by atoms with van der Waals surface area (Å²) in [6, 6.07) is 17.3. The van der Waals surface area contributed by atoms with E-state index >= 15 is 0 Å². The Bertz CT molecular complexity index is 1010. The van der Waals surface area contributed by atoms with Crippen molar-refractivity contribution in [2.75, 3.05) is 10.0 Å². The number of amides is 1. The van der Waals surface area contributed by atoms with Gasteiger partial charge in [0, 0.05) is 16.9 Å². The average Bonchev–Trinajstić information content (AvgIpc) is 3.18. The number of carbonyl (C=O) groups excluding carboxylic acids is 1. The van der Waals surface area contributed by atoms with Gasteiger partial charge in [-0.15, -0.1) is 11.3 Å². The number of hydrogen-bond acceptors (Lipinski definition) is 4. The Morgan fingerprint density at radius 2 is 1.56 bits per heavy atom. The van der Waals surface area contributed by atoms with Crippen molar-refractivity contribution in [3.05, 3.63) is 77.2 Å². The van der Waals surface area contributed by atoms with Crippen LogP contribution in [0.25, 0.3) is 0 Å². The van der Waals surface area contributed by atoms with Crippen LogP contribution in [0.2, 0.25) is 0 Å². The molecule has 3 rings (SSSR count). The highest BCUT2D eigenvalue weighted by molar-refractivity contribution is 7.94. The third-order valence-electron chi connectivity index (χ3n) is 3.99. The van der Waals surface area contributed by atoms with Gasteiger partial charge in [-0.1, -0.05) is 32.0 Å². The van der Waals surface area contributed by atoms with Crippen molar-refractivity contribution in [1.29, 1.82) is 0 Å². The van der Waals surface area contributed by atoms with Gasteiger partial charge in [-0.05, 0) is 59.3 Å². The van der Waals surface area contributed by atoms with Crippen LogP contribution in [-0.4, -0.2) is 14.3 Å². The van der Waals surface area contributed by atoms with Crippen LogP contribution in [0.5, 0.6) is 0 Å². The fourth-order valence-electron chi connectivity index (χ4n) is 2.47. The molecule has 0 saturated heterocycles. The van der Waals surface area contributed by atoms with Crippen LogP contribution in [-0.2, 0) is 10.0 Å². The number of rotatable bonds is 6. The Kier molecular flexibility index (Phi) is 5.62. The molecule has 2 N–H and O–H groups in total. The van der Waals surface area contributed by atoms with Gasteiger partial charge in [0.2, 0.25) is 0 Å². The van der Waals surface area contributed by atoms with E-state index in [1.807, 2.05) is 24.3 Å². The summed E-state index contributed by atoms with van der Waals surface area (Å²) >= 11 is 1.15. The summed E-state index contributed by atoms with van der Waals surface area (Å²) in [5.74, 6) is 0.181. The fourth-order valence-corrected chi connectivity index (χ4v) is 4.52. The number of carbonyl (C=O) groups is 1. The van der Waals surface area contributed by atoms with Gasteiger partial charge in [0.25, 0.3) is 15.9 Å². The zero-order valence-electron chi connectivity index (χ0n) is 15.0. The molecule has 5 nitrogen and oxygen atoms in total. The Balaban J connectivity index is 1.67. The smallest absolute Gasteiger partial charge is 0.271 e. The predicted molar refractivity (Wildman–Crippen MR) is 110 cm³/mol. The van der Waals surface area contributed by atoms with Crippen molar-refractivity contribution in [2.24, 2.45) is 0 Å². The maximum Gasteiger partial charge on any atom is 0.271 e. The van der Waals surface area contributed by atoms with Crippen molar-refractivity contribution < 1.29 is 13.2 Å². The van der Waals surface area contributed by atoms with Gasteiger partial charge >= 0.3 is 0 Å². The van der Waals surface area contributed by atoms with Crippen LogP contribution >= 0.6 is 11.3 Å². The van der Waals surface area contributed by atoms with E-state index < -0.39 is 10.0 Å². The summed E-state index contributed by atoms with van der Waals surface area (Å²) in [7, 11) is -3.59. The van der Waals surface area contributed by atoms with Crippen LogP contribution in [0.3, 0.4) is 0 Å². The number of sulfonamides is 1. The van der Waals surface area contributed by atoms with E-state index in [2.05, 4.69) is 23.9 Å². The third-order valence-corrected chi connectivity index (χ3v) is 6.77. The van der Waals surface area contributed by atoms with Crippen molar-refractivity contribution in [3.63, 3.8) is 0 Å². The second-order valence-corrected chi connectivity index (χ2v) is 9.20. The highest BCUT2D eigenvalue weighted by Gasteiger charge is 2.15. The molecule has 27 heavy (non-hydrogen) atoms. The van der Waals surface area contributed by atoms with Crippen LogP contribution in [0.15, 0.2) is 70.3 Å². The van der Waals surface area contributed by atoms with E-state index in [4.69, 9.17) is 0 Å². The van der Waals surface area contributed by atoms with Gasteiger partial charge in [0.1, 0.15) is 4.21 Å². The highest BCUT2D eigenvalue weighted by atomic mass is 32.2. The van der Waals surface area contributed by atoms with E-state index in [0.29, 0.717) is 22.9 Å². The Labute approximate surface area is 163 Å². The molecule has 0 aliphatic heterocycles. The molecular formula is C20H20N2O3S2. The SMILES string of the molecule is CC(C)c1ccc(NC(=O)c2ccc(NS(=O)(=O)c3cccs3)cc2)cc1. The zero-order chi connectivity index (χ0) is 19.4. The van der Waals surface area contributed by atoms with E-state index in [-0.39, 0.29) is 10.1 Å². The van der Waals surface area contributed by atoms with Crippen molar-refractivity contribution in [3.8, 4) is 0 Å². The van der Waals surface area contributed by atoms with E-state index in [1.165, 1.54) is 5.56 Å². The summed E-state index contributed by atoms with van der Waals surface area (Å²) in [6.07, 6.45) is 0. The Morgan fingerprint density at radius 1 is 0.926 bits per heavy atom. The molecule has 3 aromatic rings. The number of nitrogens with one attached hydrogen (secondary N) is 2. The molecular weight excluding hydrogens is 380 g/mol. The molecule has 1 amide bonds. The number of anilines is 2. The second-order valence-electron chi connectivity index (χ2n) is 6.35. The molecule has 0 fully saturated rings. The van der Waals surface area contributed by atoms with Crippen molar-refractivity contribution >= 4 is 38.6 Å². The number of thiophene rings is 1. The van der Waals surface area contributed by atoms with Gasteiger partial charge in [-0.3, -0.25) is 9.52 Å². The highest BCUT2D eigenvalue weighted by Crippen LogP contribution is 2.21. The lowest BCUT2D eigenvalue weighted by molar-refractivity contribution is 0.102. The maximum absolute atomic E-state index is 12.4.